The number of hydrogen-bond donors (Lipinski definition) is 1. The summed E-state index contributed by atoms with van der Waals surface area (Å²) in [4.78, 5) is 11.9. The Morgan fingerprint density at radius 1 is 1.22 bits per heavy atom. The van der Waals surface area contributed by atoms with Crippen LogP contribution in [0.5, 0.6) is 5.75 Å². The Bertz CT molecular complexity index is 911. The zero-order valence-corrected chi connectivity index (χ0v) is 13.2. The standard InChI is InChI=1S/C19H18N2O2/c1-12-10-18(22)20-16-5-3-4-15(19(16)23-12)13-6-7-17-14(11-13)8-9-21(17)2/h3-9,11-12H,10H2,1-2H3,(H,20,22)/t12-/m1/s1. The molecule has 1 atom stereocenters. The number of para-hydroxylation sites is 1. The molecule has 1 aromatic heterocycles. The molecule has 0 unspecified atom stereocenters. The molecule has 0 bridgehead atoms. The summed E-state index contributed by atoms with van der Waals surface area (Å²) < 4.78 is 8.14. The van der Waals surface area contributed by atoms with E-state index in [2.05, 4.69) is 40.3 Å². The molecule has 0 fully saturated rings. The minimum absolute atomic E-state index is 0.00749. The van der Waals surface area contributed by atoms with Gasteiger partial charge in [-0.2, -0.15) is 0 Å². The van der Waals surface area contributed by atoms with Crippen molar-refractivity contribution in [1.82, 2.24) is 4.57 Å². The molecule has 0 saturated carbocycles. The lowest BCUT2D eigenvalue weighted by atomic mass is 10.0. The third-order valence-electron chi connectivity index (χ3n) is 4.28. The Morgan fingerprint density at radius 2 is 2.09 bits per heavy atom. The number of ether oxygens (including phenoxy) is 1. The van der Waals surface area contributed by atoms with E-state index in [9.17, 15) is 4.79 Å². The number of nitrogens with zero attached hydrogens (tertiary/aromatic N) is 1. The number of rotatable bonds is 1. The zero-order valence-electron chi connectivity index (χ0n) is 13.2. The van der Waals surface area contributed by atoms with Crippen molar-refractivity contribution in [3.63, 3.8) is 0 Å². The molecule has 2 heterocycles. The van der Waals surface area contributed by atoms with Crippen molar-refractivity contribution in [1.29, 1.82) is 0 Å². The third kappa shape index (κ3) is 2.36. The van der Waals surface area contributed by atoms with Crippen LogP contribution >= 0.6 is 0 Å². The molecule has 1 aliphatic rings. The maximum Gasteiger partial charge on any atom is 0.228 e. The van der Waals surface area contributed by atoms with Crippen LogP contribution in [-0.4, -0.2) is 16.6 Å². The van der Waals surface area contributed by atoms with Crippen LogP contribution < -0.4 is 10.1 Å². The Kier molecular flexibility index (Phi) is 3.11. The maximum absolute atomic E-state index is 11.9. The van der Waals surface area contributed by atoms with Crippen LogP contribution in [0, 0.1) is 0 Å². The first-order valence-electron chi connectivity index (χ1n) is 7.77. The second-order valence-electron chi connectivity index (χ2n) is 6.06. The lowest BCUT2D eigenvalue weighted by Crippen LogP contribution is -2.17. The summed E-state index contributed by atoms with van der Waals surface area (Å²) in [6.45, 7) is 1.92. The van der Waals surface area contributed by atoms with Gasteiger partial charge in [0.05, 0.1) is 12.1 Å². The minimum atomic E-state index is -0.141. The number of fused-ring (bicyclic) bond motifs is 2. The van der Waals surface area contributed by atoms with Crippen LogP contribution in [0.4, 0.5) is 5.69 Å². The van der Waals surface area contributed by atoms with Gasteiger partial charge in [0.15, 0.2) is 5.75 Å². The number of aryl methyl sites for hydroxylation is 1. The van der Waals surface area contributed by atoms with Gasteiger partial charge >= 0.3 is 0 Å². The van der Waals surface area contributed by atoms with Gasteiger partial charge in [-0.25, -0.2) is 0 Å². The van der Waals surface area contributed by atoms with Crippen LogP contribution in [0.1, 0.15) is 13.3 Å². The van der Waals surface area contributed by atoms with Crippen LogP contribution in [-0.2, 0) is 11.8 Å². The van der Waals surface area contributed by atoms with E-state index in [1.807, 2.05) is 32.2 Å². The fourth-order valence-electron chi connectivity index (χ4n) is 3.14. The number of anilines is 1. The first-order valence-corrected chi connectivity index (χ1v) is 7.77. The SMILES string of the molecule is C[C@@H]1CC(=O)Nc2cccc(-c3ccc4c(ccn4C)c3)c2O1. The van der Waals surface area contributed by atoms with E-state index in [1.54, 1.807) is 0 Å². The molecule has 0 radical (unpaired) electrons. The van der Waals surface area contributed by atoms with Crippen molar-refractivity contribution >= 4 is 22.5 Å². The Balaban J connectivity index is 1.88. The largest absolute Gasteiger partial charge is 0.487 e. The molecule has 0 aliphatic carbocycles. The van der Waals surface area contributed by atoms with Crippen molar-refractivity contribution < 1.29 is 9.53 Å². The van der Waals surface area contributed by atoms with E-state index in [0.717, 1.165) is 22.6 Å². The Hall–Kier alpha value is -2.75. The van der Waals surface area contributed by atoms with E-state index in [0.29, 0.717) is 6.42 Å². The second-order valence-corrected chi connectivity index (χ2v) is 6.06. The summed E-state index contributed by atoms with van der Waals surface area (Å²) in [5.41, 5.74) is 4.02. The highest BCUT2D eigenvalue weighted by Crippen LogP contribution is 2.39. The number of benzene rings is 2. The first-order chi connectivity index (χ1) is 11.1. The predicted octanol–water partition coefficient (Wildman–Crippen LogP) is 3.95. The van der Waals surface area contributed by atoms with Crippen molar-refractivity contribution in [2.75, 3.05) is 5.32 Å². The molecule has 4 rings (SSSR count). The number of amides is 1. The molecule has 1 aliphatic heterocycles. The van der Waals surface area contributed by atoms with E-state index in [4.69, 9.17) is 4.74 Å². The number of hydrogen-bond acceptors (Lipinski definition) is 2. The molecule has 1 amide bonds. The van der Waals surface area contributed by atoms with Gasteiger partial charge < -0.3 is 14.6 Å². The summed E-state index contributed by atoms with van der Waals surface area (Å²) in [6, 6.07) is 14.3. The van der Waals surface area contributed by atoms with Gasteiger partial charge in [0.2, 0.25) is 5.91 Å². The second kappa shape index (κ2) is 5.16. The van der Waals surface area contributed by atoms with Gasteiger partial charge in [-0.3, -0.25) is 4.79 Å². The monoisotopic (exact) mass is 306 g/mol. The molecule has 2 aromatic carbocycles. The number of aromatic nitrogens is 1. The van der Waals surface area contributed by atoms with E-state index in [-0.39, 0.29) is 12.0 Å². The molecule has 4 nitrogen and oxygen atoms in total. The molecule has 4 heteroatoms. The van der Waals surface area contributed by atoms with E-state index in [1.165, 1.54) is 10.9 Å². The van der Waals surface area contributed by atoms with Crippen LogP contribution in [0.15, 0.2) is 48.7 Å². The van der Waals surface area contributed by atoms with Gasteiger partial charge in [-0.05, 0) is 36.8 Å². The maximum atomic E-state index is 11.9. The quantitative estimate of drug-likeness (QED) is 0.739. The molecule has 116 valence electrons. The summed E-state index contributed by atoms with van der Waals surface area (Å²) in [5.74, 6) is 0.744. The van der Waals surface area contributed by atoms with Crippen molar-refractivity contribution in [3.8, 4) is 16.9 Å². The van der Waals surface area contributed by atoms with E-state index >= 15 is 0 Å². The average molecular weight is 306 g/mol. The Morgan fingerprint density at radius 3 is 2.96 bits per heavy atom. The summed E-state index contributed by atoms with van der Waals surface area (Å²) in [5, 5.41) is 4.12. The molecule has 1 N–H and O–H groups in total. The zero-order chi connectivity index (χ0) is 16.0. The summed E-state index contributed by atoms with van der Waals surface area (Å²) >= 11 is 0. The number of nitrogens with one attached hydrogen (secondary N) is 1. The average Bonchev–Trinajstić information content (AvgIpc) is 2.81. The van der Waals surface area contributed by atoms with Gasteiger partial charge in [0.1, 0.15) is 6.10 Å². The molecule has 3 aromatic rings. The summed E-state index contributed by atoms with van der Waals surface area (Å²) in [6.07, 6.45) is 2.28. The van der Waals surface area contributed by atoms with Gasteiger partial charge in [0.25, 0.3) is 0 Å². The highest BCUT2D eigenvalue weighted by molar-refractivity contribution is 5.96. The summed E-state index contributed by atoms with van der Waals surface area (Å²) in [7, 11) is 2.04. The van der Waals surface area contributed by atoms with Crippen molar-refractivity contribution in [2.24, 2.45) is 7.05 Å². The predicted molar refractivity (Wildman–Crippen MR) is 91.7 cm³/mol. The molecule has 0 saturated heterocycles. The molecular formula is C19H18N2O2. The van der Waals surface area contributed by atoms with Crippen molar-refractivity contribution in [2.45, 2.75) is 19.4 Å². The molecular weight excluding hydrogens is 288 g/mol. The fraction of sp³-hybridized carbons (Fsp3) is 0.211. The minimum Gasteiger partial charge on any atom is -0.487 e. The third-order valence-corrected chi connectivity index (χ3v) is 4.28. The lowest BCUT2D eigenvalue weighted by molar-refractivity contribution is -0.117. The van der Waals surface area contributed by atoms with Gasteiger partial charge in [-0.1, -0.05) is 18.2 Å². The van der Waals surface area contributed by atoms with Gasteiger partial charge in [-0.15, -0.1) is 0 Å². The van der Waals surface area contributed by atoms with Crippen LogP contribution in [0.25, 0.3) is 22.0 Å². The van der Waals surface area contributed by atoms with Gasteiger partial charge in [0, 0.05) is 29.7 Å². The topological polar surface area (TPSA) is 43.3 Å². The number of carbonyl (C=O) groups excluding carboxylic acids is 1. The normalized spacial score (nSPS) is 17.3. The van der Waals surface area contributed by atoms with Crippen LogP contribution in [0.2, 0.25) is 0 Å². The van der Waals surface area contributed by atoms with Crippen molar-refractivity contribution in [3.05, 3.63) is 48.7 Å². The smallest absolute Gasteiger partial charge is 0.228 e. The van der Waals surface area contributed by atoms with Crippen LogP contribution in [0.3, 0.4) is 0 Å². The fourth-order valence-corrected chi connectivity index (χ4v) is 3.14. The molecule has 23 heavy (non-hydrogen) atoms. The Labute approximate surface area is 134 Å². The highest BCUT2D eigenvalue weighted by Gasteiger charge is 2.22. The molecule has 0 spiro atoms. The number of carbonyl (C=O) groups is 1. The first kappa shape index (κ1) is 13.9. The lowest BCUT2D eigenvalue weighted by Gasteiger charge is -2.16. The van der Waals surface area contributed by atoms with E-state index < -0.39 is 0 Å². The highest BCUT2D eigenvalue weighted by atomic mass is 16.5.